The van der Waals surface area contributed by atoms with Crippen molar-refractivity contribution in [2.75, 3.05) is 32.6 Å². The summed E-state index contributed by atoms with van der Waals surface area (Å²) in [6, 6.07) is 9.53. The summed E-state index contributed by atoms with van der Waals surface area (Å²) in [7, 11) is 0. The van der Waals surface area contributed by atoms with Crippen molar-refractivity contribution in [1.82, 2.24) is 20.1 Å². The van der Waals surface area contributed by atoms with Crippen LogP contribution >= 0.6 is 11.8 Å². The van der Waals surface area contributed by atoms with Gasteiger partial charge in [0, 0.05) is 19.5 Å². The van der Waals surface area contributed by atoms with E-state index in [2.05, 4.69) is 33.9 Å². The molecule has 28 heavy (non-hydrogen) atoms. The van der Waals surface area contributed by atoms with E-state index >= 15 is 0 Å². The molecule has 2 rings (SSSR count). The Labute approximate surface area is 171 Å². The van der Waals surface area contributed by atoms with E-state index in [1.807, 2.05) is 36.6 Å². The van der Waals surface area contributed by atoms with Crippen LogP contribution in [0.4, 0.5) is 0 Å². The lowest BCUT2D eigenvalue weighted by molar-refractivity contribution is -0.125. The van der Waals surface area contributed by atoms with E-state index in [-0.39, 0.29) is 12.5 Å². The Morgan fingerprint density at radius 2 is 2.00 bits per heavy atom. The van der Waals surface area contributed by atoms with Crippen molar-refractivity contribution in [3.63, 3.8) is 0 Å². The van der Waals surface area contributed by atoms with Gasteiger partial charge in [0.25, 0.3) is 0 Å². The van der Waals surface area contributed by atoms with Gasteiger partial charge in [0.05, 0.1) is 6.61 Å². The number of aromatic nitrogens is 3. The molecule has 0 saturated heterocycles. The zero-order chi connectivity index (χ0) is 20.2. The largest absolute Gasteiger partial charge is 0.491 e. The number of ether oxygens (including phenoxy) is 2. The molecule has 0 fully saturated rings. The van der Waals surface area contributed by atoms with Crippen LogP contribution in [-0.2, 0) is 22.5 Å². The predicted octanol–water partition coefficient (Wildman–Crippen LogP) is 2.80. The number of thioether (sulfide) groups is 1. The van der Waals surface area contributed by atoms with Gasteiger partial charge in [0.2, 0.25) is 5.91 Å². The second-order valence-corrected chi connectivity index (χ2v) is 7.55. The van der Waals surface area contributed by atoms with Crippen LogP contribution in [0.1, 0.15) is 26.1 Å². The zero-order valence-corrected chi connectivity index (χ0v) is 17.7. The Balaban J connectivity index is 1.58. The minimum atomic E-state index is -0.117. The predicted molar refractivity (Wildman–Crippen MR) is 111 cm³/mol. The first-order valence-electron chi connectivity index (χ1n) is 9.58. The van der Waals surface area contributed by atoms with Gasteiger partial charge in [-0.2, -0.15) is 0 Å². The monoisotopic (exact) mass is 406 g/mol. The summed E-state index contributed by atoms with van der Waals surface area (Å²) in [4.78, 5) is 11.8. The molecule has 0 aliphatic carbocycles. The molecule has 1 aromatic carbocycles. The van der Waals surface area contributed by atoms with Crippen molar-refractivity contribution >= 4 is 17.7 Å². The third kappa shape index (κ3) is 7.90. The molecule has 0 aliphatic rings. The number of rotatable bonds is 13. The number of nitrogens with zero attached hydrogens (tertiary/aromatic N) is 3. The smallest absolute Gasteiger partial charge is 0.246 e. The molecule has 0 saturated carbocycles. The molecule has 0 radical (unpaired) electrons. The minimum absolute atomic E-state index is 0.0400. The highest BCUT2D eigenvalue weighted by molar-refractivity contribution is 7.98. The van der Waals surface area contributed by atoms with Gasteiger partial charge in [-0.05, 0) is 30.7 Å². The van der Waals surface area contributed by atoms with Gasteiger partial charge in [0.15, 0.2) is 5.16 Å². The van der Waals surface area contributed by atoms with Gasteiger partial charge in [0.1, 0.15) is 24.8 Å². The minimum Gasteiger partial charge on any atom is -0.491 e. The van der Waals surface area contributed by atoms with Gasteiger partial charge in [-0.1, -0.05) is 43.8 Å². The fourth-order valence-corrected chi connectivity index (χ4v) is 3.15. The quantitative estimate of drug-likeness (QED) is 0.407. The lowest BCUT2D eigenvalue weighted by Crippen LogP contribution is -2.29. The lowest BCUT2D eigenvalue weighted by Gasteiger charge is -2.12. The van der Waals surface area contributed by atoms with E-state index in [0.29, 0.717) is 25.7 Å². The van der Waals surface area contributed by atoms with Crippen molar-refractivity contribution < 1.29 is 14.3 Å². The van der Waals surface area contributed by atoms with Crippen molar-refractivity contribution in [2.45, 2.75) is 38.4 Å². The summed E-state index contributed by atoms with van der Waals surface area (Å²) in [5, 5.41) is 12.3. The first-order valence-corrected chi connectivity index (χ1v) is 10.8. The SMILES string of the molecule is CSc1nnc(CCCNC(=O)COCCOc2ccccc2)n1CC(C)C. The average molecular weight is 407 g/mol. The van der Waals surface area contributed by atoms with E-state index in [1.54, 1.807) is 11.8 Å². The molecule has 1 aromatic heterocycles. The third-order valence-electron chi connectivity index (χ3n) is 3.90. The molecule has 7 nitrogen and oxygen atoms in total. The molecule has 1 heterocycles. The summed E-state index contributed by atoms with van der Waals surface area (Å²) in [6.07, 6.45) is 3.61. The van der Waals surface area contributed by atoms with E-state index in [0.717, 1.165) is 36.1 Å². The molecule has 0 spiro atoms. The average Bonchev–Trinajstić information content (AvgIpc) is 3.06. The third-order valence-corrected chi connectivity index (χ3v) is 4.56. The Kier molecular flexibility index (Phi) is 9.85. The number of hydrogen-bond donors (Lipinski definition) is 1. The number of amides is 1. The van der Waals surface area contributed by atoms with Crippen LogP contribution in [0.5, 0.6) is 5.75 Å². The summed E-state index contributed by atoms with van der Waals surface area (Å²) < 4.78 is 13.0. The van der Waals surface area contributed by atoms with Crippen LogP contribution in [0.15, 0.2) is 35.5 Å². The van der Waals surface area contributed by atoms with E-state index < -0.39 is 0 Å². The maximum atomic E-state index is 11.8. The molecule has 1 amide bonds. The van der Waals surface area contributed by atoms with E-state index in [1.165, 1.54) is 0 Å². The maximum Gasteiger partial charge on any atom is 0.246 e. The summed E-state index contributed by atoms with van der Waals surface area (Å²) in [5.74, 6) is 2.18. The van der Waals surface area contributed by atoms with Crippen LogP contribution in [0.3, 0.4) is 0 Å². The van der Waals surface area contributed by atoms with Crippen LogP contribution in [-0.4, -0.2) is 53.3 Å². The molecule has 0 bridgehead atoms. The van der Waals surface area contributed by atoms with Gasteiger partial charge in [-0.15, -0.1) is 10.2 Å². The second kappa shape index (κ2) is 12.4. The van der Waals surface area contributed by atoms with Crippen LogP contribution in [0.2, 0.25) is 0 Å². The van der Waals surface area contributed by atoms with Crippen LogP contribution in [0, 0.1) is 5.92 Å². The first kappa shape index (κ1) is 22.2. The topological polar surface area (TPSA) is 78.3 Å². The molecule has 0 unspecified atom stereocenters. The molecular weight excluding hydrogens is 376 g/mol. The van der Waals surface area contributed by atoms with Gasteiger partial charge < -0.3 is 19.4 Å². The Morgan fingerprint density at radius 1 is 1.21 bits per heavy atom. The number of benzene rings is 1. The van der Waals surface area contributed by atoms with Gasteiger partial charge >= 0.3 is 0 Å². The summed E-state index contributed by atoms with van der Waals surface area (Å²) in [6.45, 7) is 6.69. The highest BCUT2D eigenvalue weighted by Crippen LogP contribution is 2.16. The lowest BCUT2D eigenvalue weighted by atomic mass is 10.2. The fraction of sp³-hybridized carbons (Fsp3) is 0.550. The highest BCUT2D eigenvalue weighted by Gasteiger charge is 2.12. The van der Waals surface area contributed by atoms with Crippen molar-refractivity contribution in [1.29, 1.82) is 0 Å². The number of carbonyl (C=O) groups is 1. The number of carbonyl (C=O) groups excluding carboxylic acids is 1. The zero-order valence-electron chi connectivity index (χ0n) is 16.9. The number of aryl methyl sites for hydroxylation is 1. The first-order chi connectivity index (χ1) is 13.6. The van der Waals surface area contributed by atoms with E-state index in [9.17, 15) is 4.79 Å². The summed E-state index contributed by atoms with van der Waals surface area (Å²) >= 11 is 1.61. The Morgan fingerprint density at radius 3 is 2.71 bits per heavy atom. The molecule has 0 aliphatic heterocycles. The molecule has 154 valence electrons. The van der Waals surface area contributed by atoms with Crippen LogP contribution < -0.4 is 10.1 Å². The Hall–Kier alpha value is -2.06. The van der Waals surface area contributed by atoms with Crippen LogP contribution in [0.25, 0.3) is 0 Å². The highest BCUT2D eigenvalue weighted by atomic mass is 32.2. The normalized spacial score (nSPS) is 11.0. The van der Waals surface area contributed by atoms with Crippen molar-refractivity contribution in [2.24, 2.45) is 5.92 Å². The van der Waals surface area contributed by atoms with Gasteiger partial charge in [-0.3, -0.25) is 4.79 Å². The van der Waals surface area contributed by atoms with Gasteiger partial charge in [-0.25, -0.2) is 0 Å². The molecule has 8 heteroatoms. The second-order valence-electron chi connectivity index (χ2n) is 6.77. The summed E-state index contributed by atoms with van der Waals surface area (Å²) in [5.41, 5.74) is 0. The van der Waals surface area contributed by atoms with Crippen molar-refractivity contribution in [3.8, 4) is 5.75 Å². The molecular formula is C20H30N4O3S. The molecule has 2 aromatic rings. The molecule has 1 N–H and O–H groups in total. The maximum absolute atomic E-state index is 11.8. The number of para-hydroxylation sites is 1. The standard InChI is InChI=1S/C20H30N4O3S/c1-16(2)14-24-18(22-23-20(24)28-3)10-7-11-21-19(25)15-26-12-13-27-17-8-5-4-6-9-17/h4-6,8-9,16H,7,10-15H2,1-3H3,(H,21,25). The Bertz CT molecular complexity index is 707. The number of hydrogen-bond acceptors (Lipinski definition) is 6. The number of nitrogens with one attached hydrogen (secondary N) is 1. The molecule has 0 atom stereocenters. The van der Waals surface area contributed by atoms with Crippen molar-refractivity contribution in [3.05, 3.63) is 36.2 Å². The fourth-order valence-electron chi connectivity index (χ4n) is 2.63. The van der Waals surface area contributed by atoms with E-state index in [4.69, 9.17) is 9.47 Å².